The maximum Gasteiger partial charge on any atom is 0.329 e. The Bertz CT molecular complexity index is 1040. The maximum atomic E-state index is 13.4. The fourth-order valence-corrected chi connectivity index (χ4v) is 5.52. The number of amides is 3. The van der Waals surface area contributed by atoms with Gasteiger partial charge in [-0.1, -0.05) is 29.8 Å². The molecule has 0 radical (unpaired) electrons. The Labute approximate surface area is 183 Å². The Morgan fingerprint density at radius 1 is 1.13 bits per heavy atom. The number of nitrogens with zero attached hydrogens (tertiary/aromatic N) is 3. The summed E-state index contributed by atoms with van der Waals surface area (Å²) in [4.78, 5) is 34.8. The number of anilines is 2. The third-order valence-corrected chi connectivity index (χ3v) is 7.07. The van der Waals surface area contributed by atoms with E-state index < -0.39 is 11.3 Å². The third kappa shape index (κ3) is 3.34. The number of ether oxygens (including phenoxy) is 1. The lowest BCUT2D eigenvalue weighted by Crippen LogP contribution is -2.60. The number of aromatic nitrogens is 1. The highest BCUT2D eigenvalue weighted by molar-refractivity contribution is 8.09. The zero-order valence-electron chi connectivity index (χ0n) is 16.0. The average Bonchev–Trinajstić information content (AvgIpc) is 3.19. The number of halogens is 1. The van der Waals surface area contributed by atoms with Gasteiger partial charge in [0.25, 0.3) is 5.91 Å². The van der Waals surface area contributed by atoms with Gasteiger partial charge in [-0.3, -0.25) is 9.78 Å². The summed E-state index contributed by atoms with van der Waals surface area (Å²) in [7, 11) is 0. The number of fused-ring (bicyclic) bond motifs is 1. The lowest BCUT2D eigenvalue weighted by molar-refractivity contribution is -0.118. The highest BCUT2D eigenvalue weighted by atomic mass is 35.5. The van der Waals surface area contributed by atoms with E-state index in [-0.39, 0.29) is 11.9 Å². The van der Waals surface area contributed by atoms with Gasteiger partial charge >= 0.3 is 6.03 Å². The molecule has 3 aliphatic rings. The van der Waals surface area contributed by atoms with Gasteiger partial charge in [0.05, 0.1) is 36.8 Å². The van der Waals surface area contributed by atoms with Crippen LogP contribution in [0, 0.1) is 0 Å². The van der Waals surface area contributed by atoms with Crippen molar-refractivity contribution >= 4 is 51.6 Å². The molecule has 9 heteroatoms. The van der Waals surface area contributed by atoms with Crippen LogP contribution in [0.3, 0.4) is 0 Å². The van der Waals surface area contributed by atoms with E-state index in [9.17, 15) is 9.59 Å². The van der Waals surface area contributed by atoms with E-state index in [1.54, 1.807) is 12.4 Å². The van der Waals surface area contributed by atoms with E-state index in [1.165, 1.54) is 16.7 Å². The molecule has 7 nitrogen and oxygen atoms in total. The second-order valence-corrected chi connectivity index (χ2v) is 8.75. The molecule has 2 saturated heterocycles. The first kappa shape index (κ1) is 19.4. The van der Waals surface area contributed by atoms with Crippen molar-refractivity contribution in [2.24, 2.45) is 0 Å². The molecule has 0 aliphatic carbocycles. The SMILES string of the molecule is O=C1NC2C=C(c3ccccc3Cl)SC2C(=O)N1c1cnccc1N1CCOCC1. The summed E-state index contributed by atoms with van der Waals surface area (Å²) in [6, 6.07) is 8.52. The van der Waals surface area contributed by atoms with Crippen LogP contribution in [0.2, 0.25) is 5.02 Å². The minimum Gasteiger partial charge on any atom is -0.378 e. The molecule has 3 aliphatic heterocycles. The maximum absolute atomic E-state index is 13.4. The van der Waals surface area contributed by atoms with Gasteiger partial charge < -0.3 is 15.0 Å². The van der Waals surface area contributed by atoms with Crippen LogP contribution in [-0.4, -0.2) is 54.5 Å². The molecule has 2 unspecified atom stereocenters. The third-order valence-electron chi connectivity index (χ3n) is 5.38. The Morgan fingerprint density at radius 3 is 2.73 bits per heavy atom. The number of nitrogens with one attached hydrogen (secondary N) is 1. The van der Waals surface area contributed by atoms with Crippen molar-refractivity contribution in [3.63, 3.8) is 0 Å². The first-order valence-corrected chi connectivity index (χ1v) is 10.9. The standard InChI is InChI=1S/C21H19ClN4O3S/c22-14-4-2-1-3-13(14)18-11-15-19(30-18)20(27)26(21(28)24-15)17-12-23-6-5-16(17)25-7-9-29-10-8-25/h1-6,11-12,15,19H,7-10H2,(H,24,28). The largest absolute Gasteiger partial charge is 0.378 e. The van der Waals surface area contributed by atoms with Crippen LogP contribution in [0.25, 0.3) is 4.91 Å². The molecule has 2 atom stereocenters. The van der Waals surface area contributed by atoms with Crippen LogP contribution >= 0.6 is 23.4 Å². The number of imide groups is 1. The summed E-state index contributed by atoms with van der Waals surface area (Å²) < 4.78 is 5.43. The molecule has 2 aromatic rings. The number of rotatable bonds is 3. The second kappa shape index (κ2) is 7.94. The number of thioether (sulfide) groups is 1. The first-order valence-electron chi connectivity index (χ1n) is 9.68. The van der Waals surface area contributed by atoms with E-state index in [0.29, 0.717) is 37.0 Å². The molecule has 1 N–H and O–H groups in total. The van der Waals surface area contributed by atoms with E-state index in [0.717, 1.165) is 16.2 Å². The smallest absolute Gasteiger partial charge is 0.329 e. The summed E-state index contributed by atoms with van der Waals surface area (Å²) in [5.41, 5.74) is 2.16. The number of carbonyl (C=O) groups is 2. The van der Waals surface area contributed by atoms with E-state index in [1.807, 2.05) is 36.4 Å². The fourth-order valence-electron chi connectivity index (χ4n) is 3.92. The lowest BCUT2D eigenvalue weighted by atomic mass is 10.1. The van der Waals surface area contributed by atoms with Crippen LogP contribution in [0.1, 0.15) is 5.56 Å². The molecule has 154 valence electrons. The van der Waals surface area contributed by atoms with Gasteiger partial charge in [0.2, 0.25) is 0 Å². The summed E-state index contributed by atoms with van der Waals surface area (Å²) >= 11 is 7.77. The van der Waals surface area contributed by atoms with Crippen LogP contribution < -0.4 is 15.1 Å². The van der Waals surface area contributed by atoms with Gasteiger partial charge in [-0.2, -0.15) is 0 Å². The number of pyridine rings is 1. The number of carbonyl (C=O) groups excluding carboxylic acids is 2. The minimum atomic E-state index is -0.452. The molecule has 0 bridgehead atoms. The van der Waals surface area contributed by atoms with Crippen LogP contribution in [0.15, 0.2) is 48.8 Å². The van der Waals surface area contributed by atoms with Crippen molar-refractivity contribution in [3.8, 4) is 0 Å². The molecule has 1 aromatic carbocycles. The number of urea groups is 1. The van der Waals surface area contributed by atoms with Gasteiger partial charge in [0.1, 0.15) is 5.25 Å². The molecule has 5 rings (SSSR count). The molecular formula is C21H19ClN4O3S. The summed E-state index contributed by atoms with van der Waals surface area (Å²) in [6.07, 6.45) is 5.16. The monoisotopic (exact) mass is 442 g/mol. The van der Waals surface area contributed by atoms with Crippen LogP contribution in [0.5, 0.6) is 0 Å². The summed E-state index contributed by atoms with van der Waals surface area (Å²) in [5.74, 6) is -0.255. The molecule has 3 amide bonds. The summed E-state index contributed by atoms with van der Waals surface area (Å²) in [5, 5.41) is 3.13. The van der Waals surface area contributed by atoms with E-state index >= 15 is 0 Å². The van der Waals surface area contributed by atoms with Gasteiger partial charge in [0.15, 0.2) is 0 Å². The highest BCUT2D eigenvalue weighted by Gasteiger charge is 2.46. The zero-order valence-corrected chi connectivity index (χ0v) is 17.5. The van der Waals surface area contributed by atoms with Gasteiger partial charge in [0, 0.05) is 34.8 Å². The topological polar surface area (TPSA) is 74.8 Å². The fraction of sp³-hybridized carbons (Fsp3) is 0.286. The highest BCUT2D eigenvalue weighted by Crippen LogP contribution is 2.44. The minimum absolute atomic E-state index is 0.255. The first-order chi connectivity index (χ1) is 14.6. The number of morpholine rings is 1. The Balaban J connectivity index is 1.45. The van der Waals surface area contributed by atoms with Crippen molar-refractivity contribution in [1.29, 1.82) is 0 Å². The number of hydrogen-bond donors (Lipinski definition) is 1. The second-order valence-electron chi connectivity index (χ2n) is 7.16. The molecule has 2 fully saturated rings. The van der Waals surface area contributed by atoms with Gasteiger partial charge in [-0.05, 0) is 18.2 Å². The van der Waals surface area contributed by atoms with Crippen molar-refractivity contribution in [3.05, 3.63) is 59.4 Å². The molecule has 1 aromatic heterocycles. The number of benzene rings is 1. The van der Waals surface area contributed by atoms with Gasteiger partial charge in [-0.25, -0.2) is 9.69 Å². The van der Waals surface area contributed by atoms with Crippen molar-refractivity contribution in [2.75, 3.05) is 36.1 Å². The predicted molar refractivity (Wildman–Crippen MR) is 118 cm³/mol. The van der Waals surface area contributed by atoms with E-state index in [2.05, 4.69) is 15.2 Å². The molecule has 30 heavy (non-hydrogen) atoms. The van der Waals surface area contributed by atoms with Crippen molar-refractivity contribution in [1.82, 2.24) is 10.3 Å². The quantitative estimate of drug-likeness (QED) is 0.787. The zero-order chi connectivity index (χ0) is 20.7. The van der Waals surface area contributed by atoms with Crippen LogP contribution in [-0.2, 0) is 9.53 Å². The molecular weight excluding hydrogens is 424 g/mol. The lowest BCUT2D eigenvalue weighted by Gasteiger charge is -2.36. The average molecular weight is 443 g/mol. The number of hydrogen-bond acceptors (Lipinski definition) is 6. The van der Waals surface area contributed by atoms with Crippen molar-refractivity contribution < 1.29 is 14.3 Å². The Kier molecular flexibility index (Phi) is 5.14. The Hall–Kier alpha value is -2.55. The Morgan fingerprint density at radius 2 is 1.93 bits per heavy atom. The normalized spacial score (nSPS) is 23.8. The predicted octanol–water partition coefficient (Wildman–Crippen LogP) is 3.15. The summed E-state index contributed by atoms with van der Waals surface area (Å²) in [6.45, 7) is 2.60. The molecule has 4 heterocycles. The van der Waals surface area contributed by atoms with Crippen LogP contribution in [0.4, 0.5) is 16.2 Å². The molecule has 0 saturated carbocycles. The van der Waals surface area contributed by atoms with Gasteiger partial charge in [-0.15, -0.1) is 11.8 Å². The van der Waals surface area contributed by atoms with Crippen molar-refractivity contribution in [2.45, 2.75) is 11.3 Å². The van der Waals surface area contributed by atoms with E-state index in [4.69, 9.17) is 16.3 Å². The molecule has 0 spiro atoms.